The second-order valence-corrected chi connectivity index (χ2v) is 5.29. The molecule has 1 aromatic carbocycles. The van der Waals surface area contributed by atoms with E-state index in [0.29, 0.717) is 16.1 Å². The number of hydrogen-bond donors (Lipinski definition) is 1. The summed E-state index contributed by atoms with van der Waals surface area (Å²) in [6.45, 7) is 3.77. The quantitative estimate of drug-likeness (QED) is 0.881. The van der Waals surface area contributed by atoms with Crippen LogP contribution in [0.2, 0.25) is 0 Å². The van der Waals surface area contributed by atoms with Crippen LogP contribution in [-0.2, 0) is 4.74 Å². The van der Waals surface area contributed by atoms with E-state index in [9.17, 15) is 9.59 Å². The number of ether oxygens (including phenoxy) is 1. The van der Waals surface area contributed by atoms with Crippen LogP contribution >= 0.6 is 11.3 Å². The first-order valence-electron chi connectivity index (χ1n) is 6.08. The van der Waals surface area contributed by atoms with E-state index in [1.807, 2.05) is 32.0 Å². The minimum atomic E-state index is -0.447. The van der Waals surface area contributed by atoms with Crippen molar-refractivity contribution in [3.63, 3.8) is 0 Å². The van der Waals surface area contributed by atoms with E-state index in [0.717, 1.165) is 11.1 Å². The van der Waals surface area contributed by atoms with E-state index in [-0.39, 0.29) is 5.91 Å². The summed E-state index contributed by atoms with van der Waals surface area (Å²) in [4.78, 5) is 24.3. The monoisotopic (exact) mass is 289 g/mol. The van der Waals surface area contributed by atoms with Gasteiger partial charge in [0.2, 0.25) is 0 Å². The molecule has 0 spiro atoms. The third kappa shape index (κ3) is 2.72. The van der Waals surface area contributed by atoms with E-state index >= 15 is 0 Å². The standard InChI is InChI=1S/C15H15NO3S/c1-9-5-4-6-10(2)12(9)14(17)16-11-7-8-20-13(11)15(18)19-3/h4-8H,1-3H3,(H,16,17). The maximum absolute atomic E-state index is 12.4. The molecule has 0 aliphatic carbocycles. The lowest BCUT2D eigenvalue weighted by Gasteiger charge is -2.10. The van der Waals surface area contributed by atoms with Crippen molar-refractivity contribution in [3.05, 3.63) is 51.2 Å². The number of anilines is 1. The van der Waals surface area contributed by atoms with Crippen molar-refractivity contribution in [3.8, 4) is 0 Å². The van der Waals surface area contributed by atoms with Gasteiger partial charge in [-0.15, -0.1) is 11.3 Å². The maximum atomic E-state index is 12.4. The van der Waals surface area contributed by atoms with Gasteiger partial charge in [0.05, 0.1) is 12.8 Å². The fourth-order valence-corrected chi connectivity index (χ4v) is 2.78. The Labute approximate surface area is 121 Å². The molecule has 104 valence electrons. The Morgan fingerprint density at radius 2 is 1.80 bits per heavy atom. The Morgan fingerprint density at radius 3 is 2.40 bits per heavy atom. The van der Waals surface area contributed by atoms with Crippen molar-refractivity contribution in [2.24, 2.45) is 0 Å². The molecule has 0 bridgehead atoms. The van der Waals surface area contributed by atoms with Crippen LogP contribution in [-0.4, -0.2) is 19.0 Å². The molecule has 1 heterocycles. The number of carbonyl (C=O) groups is 2. The van der Waals surface area contributed by atoms with Gasteiger partial charge in [-0.05, 0) is 36.4 Å². The number of thiophene rings is 1. The Bertz CT molecular complexity index is 641. The number of methoxy groups -OCH3 is 1. The summed E-state index contributed by atoms with van der Waals surface area (Å²) in [6, 6.07) is 7.38. The van der Waals surface area contributed by atoms with E-state index in [2.05, 4.69) is 5.32 Å². The Morgan fingerprint density at radius 1 is 1.15 bits per heavy atom. The molecule has 2 rings (SSSR count). The third-order valence-electron chi connectivity index (χ3n) is 2.99. The topological polar surface area (TPSA) is 55.4 Å². The highest BCUT2D eigenvalue weighted by Gasteiger charge is 2.18. The summed E-state index contributed by atoms with van der Waals surface area (Å²) in [6.07, 6.45) is 0. The van der Waals surface area contributed by atoms with E-state index in [1.165, 1.54) is 18.4 Å². The van der Waals surface area contributed by atoms with Crippen LogP contribution in [0.3, 0.4) is 0 Å². The Kier molecular flexibility index (Phi) is 4.20. The second kappa shape index (κ2) is 5.88. The number of hydrogen-bond acceptors (Lipinski definition) is 4. The predicted octanol–water partition coefficient (Wildman–Crippen LogP) is 3.40. The number of esters is 1. The highest BCUT2D eigenvalue weighted by atomic mass is 32.1. The molecule has 1 amide bonds. The zero-order valence-corrected chi connectivity index (χ0v) is 12.3. The first-order chi connectivity index (χ1) is 9.54. The second-order valence-electron chi connectivity index (χ2n) is 4.38. The molecular weight excluding hydrogens is 274 g/mol. The SMILES string of the molecule is COC(=O)c1sccc1NC(=O)c1c(C)cccc1C. The fourth-order valence-electron chi connectivity index (χ4n) is 2.02. The number of amides is 1. The van der Waals surface area contributed by atoms with Gasteiger partial charge in [-0.3, -0.25) is 4.79 Å². The molecule has 4 nitrogen and oxygen atoms in total. The van der Waals surface area contributed by atoms with Gasteiger partial charge in [0, 0.05) is 5.56 Å². The van der Waals surface area contributed by atoms with Crippen molar-refractivity contribution >= 4 is 28.9 Å². The van der Waals surface area contributed by atoms with Crippen LogP contribution in [0.1, 0.15) is 31.2 Å². The molecule has 0 fully saturated rings. The van der Waals surface area contributed by atoms with Crippen molar-refractivity contribution in [1.82, 2.24) is 0 Å². The van der Waals surface area contributed by atoms with Crippen LogP contribution in [0.25, 0.3) is 0 Å². The molecule has 0 aliphatic rings. The van der Waals surface area contributed by atoms with Gasteiger partial charge in [0.25, 0.3) is 5.91 Å². The molecule has 0 saturated heterocycles. The Hall–Kier alpha value is -2.14. The highest BCUT2D eigenvalue weighted by Crippen LogP contribution is 2.24. The van der Waals surface area contributed by atoms with Gasteiger partial charge in [-0.25, -0.2) is 4.79 Å². The van der Waals surface area contributed by atoms with E-state index in [1.54, 1.807) is 11.4 Å². The molecule has 0 atom stereocenters. The zero-order chi connectivity index (χ0) is 14.7. The summed E-state index contributed by atoms with van der Waals surface area (Å²) >= 11 is 1.24. The van der Waals surface area contributed by atoms with Crippen molar-refractivity contribution in [2.75, 3.05) is 12.4 Å². The highest BCUT2D eigenvalue weighted by molar-refractivity contribution is 7.12. The normalized spacial score (nSPS) is 10.2. The molecule has 0 saturated carbocycles. The van der Waals surface area contributed by atoms with Crippen molar-refractivity contribution in [1.29, 1.82) is 0 Å². The van der Waals surface area contributed by atoms with Crippen LogP contribution < -0.4 is 5.32 Å². The number of aryl methyl sites for hydroxylation is 2. The van der Waals surface area contributed by atoms with Gasteiger partial charge < -0.3 is 10.1 Å². The molecular formula is C15H15NO3S. The molecule has 1 N–H and O–H groups in total. The molecule has 5 heteroatoms. The smallest absolute Gasteiger partial charge is 0.350 e. The minimum Gasteiger partial charge on any atom is -0.465 e. The molecule has 0 unspecified atom stereocenters. The molecule has 1 aromatic heterocycles. The van der Waals surface area contributed by atoms with Crippen LogP contribution in [0.5, 0.6) is 0 Å². The predicted molar refractivity (Wildman–Crippen MR) is 79.5 cm³/mol. The van der Waals surface area contributed by atoms with E-state index in [4.69, 9.17) is 4.74 Å². The number of carbonyl (C=O) groups excluding carboxylic acids is 2. The van der Waals surface area contributed by atoms with Gasteiger partial charge in [-0.2, -0.15) is 0 Å². The summed E-state index contributed by atoms with van der Waals surface area (Å²) in [7, 11) is 1.32. The molecule has 0 radical (unpaired) electrons. The molecule has 20 heavy (non-hydrogen) atoms. The minimum absolute atomic E-state index is 0.218. The summed E-state index contributed by atoms with van der Waals surface area (Å²) < 4.78 is 4.69. The van der Waals surface area contributed by atoms with Crippen molar-refractivity contribution in [2.45, 2.75) is 13.8 Å². The zero-order valence-electron chi connectivity index (χ0n) is 11.5. The lowest BCUT2D eigenvalue weighted by molar-refractivity contribution is 0.0607. The first kappa shape index (κ1) is 14.3. The first-order valence-corrected chi connectivity index (χ1v) is 6.96. The fraction of sp³-hybridized carbons (Fsp3) is 0.200. The van der Waals surface area contributed by atoms with Gasteiger partial charge in [-0.1, -0.05) is 18.2 Å². The Balaban J connectivity index is 2.29. The lowest BCUT2D eigenvalue weighted by atomic mass is 10.0. The van der Waals surface area contributed by atoms with Gasteiger partial charge in [0.1, 0.15) is 4.88 Å². The molecule has 2 aromatic rings. The largest absolute Gasteiger partial charge is 0.465 e. The third-order valence-corrected chi connectivity index (χ3v) is 3.89. The average molecular weight is 289 g/mol. The number of rotatable bonds is 3. The maximum Gasteiger partial charge on any atom is 0.350 e. The average Bonchev–Trinajstić information content (AvgIpc) is 2.85. The van der Waals surface area contributed by atoms with Crippen LogP contribution in [0.15, 0.2) is 29.6 Å². The van der Waals surface area contributed by atoms with Crippen LogP contribution in [0.4, 0.5) is 5.69 Å². The number of benzene rings is 1. The summed E-state index contributed by atoms with van der Waals surface area (Å²) in [5.74, 6) is -0.666. The lowest BCUT2D eigenvalue weighted by Crippen LogP contribution is -2.16. The molecule has 0 aliphatic heterocycles. The van der Waals surface area contributed by atoms with Crippen molar-refractivity contribution < 1.29 is 14.3 Å². The summed E-state index contributed by atoms with van der Waals surface area (Å²) in [5, 5.41) is 4.52. The van der Waals surface area contributed by atoms with Gasteiger partial charge >= 0.3 is 5.97 Å². The number of nitrogens with one attached hydrogen (secondary N) is 1. The summed E-state index contributed by atoms with van der Waals surface area (Å²) in [5.41, 5.74) is 2.92. The van der Waals surface area contributed by atoms with Crippen LogP contribution in [0, 0.1) is 13.8 Å². The van der Waals surface area contributed by atoms with E-state index < -0.39 is 5.97 Å². The van der Waals surface area contributed by atoms with Gasteiger partial charge in [0.15, 0.2) is 0 Å².